The van der Waals surface area contributed by atoms with Gasteiger partial charge in [0, 0.05) is 16.0 Å². The van der Waals surface area contributed by atoms with E-state index < -0.39 is 24.3 Å². The number of esters is 1. The van der Waals surface area contributed by atoms with Crippen molar-refractivity contribution in [2.24, 2.45) is 0 Å². The molecule has 3 rings (SSSR count). The second kappa shape index (κ2) is 7.80. The lowest BCUT2D eigenvalue weighted by Gasteiger charge is -2.07. The highest BCUT2D eigenvalue weighted by Gasteiger charge is 2.15. The molecule has 0 atom stereocenters. The van der Waals surface area contributed by atoms with Gasteiger partial charge < -0.3 is 14.5 Å². The lowest BCUT2D eigenvalue weighted by atomic mass is 10.0. The minimum atomic E-state index is -0.669. The van der Waals surface area contributed by atoms with Crippen molar-refractivity contribution in [1.29, 1.82) is 0 Å². The van der Waals surface area contributed by atoms with Crippen LogP contribution in [0.15, 0.2) is 41.0 Å². The Hall–Kier alpha value is -2.86. The van der Waals surface area contributed by atoms with Crippen LogP contribution in [0.4, 0.5) is 10.1 Å². The fourth-order valence-electron chi connectivity index (χ4n) is 2.65. The number of benzene rings is 2. The molecule has 0 aliphatic heterocycles. The number of carbonyl (C=O) groups is 2. The van der Waals surface area contributed by atoms with Crippen molar-refractivity contribution in [3.63, 3.8) is 0 Å². The molecule has 140 valence electrons. The van der Waals surface area contributed by atoms with Gasteiger partial charge in [0.05, 0.1) is 18.4 Å². The van der Waals surface area contributed by atoms with Crippen LogP contribution in [-0.2, 0) is 20.7 Å². The molecule has 1 heterocycles. The van der Waals surface area contributed by atoms with Crippen molar-refractivity contribution < 1.29 is 23.1 Å². The minimum absolute atomic E-state index is 0.0297. The molecule has 5 nitrogen and oxygen atoms in total. The topological polar surface area (TPSA) is 68.5 Å². The number of amides is 1. The lowest BCUT2D eigenvalue weighted by Crippen LogP contribution is -2.22. The van der Waals surface area contributed by atoms with Crippen LogP contribution in [0.1, 0.15) is 16.7 Å². The maximum atomic E-state index is 13.7. The Balaban J connectivity index is 1.58. The van der Waals surface area contributed by atoms with Gasteiger partial charge in [0.1, 0.15) is 11.4 Å². The molecule has 27 heavy (non-hydrogen) atoms. The first-order valence-electron chi connectivity index (χ1n) is 8.22. The van der Waals surface area contributed by atoms with E-state index in [1.165, 1.54) is 18.4 Å². The summed E-state index contributed by atoms with van der Waals surface area (Å²) in [6.07, 6.45) is 1.49. The third-order valence-electron chi connectivity index (χ3n) is 4.25. The van der Waals surface area contributed by atoms with E-state index in [4.69, 9.17) is 20.8 Å². The molecule has 0 fully saturated rings. The second-order valence-electron chi connectivity index (χ2n) is 6.15. The van der Waals surface area contributed by atoms with Crippen LogP contribution in [0, 0.1) is 19.7 Å². The van der Waals surface area contributed by atoms with Crippen LogP contribution in [0.5, 0.6) is 0 Å². The van der Waals surface area contributed by atoms with Gasteiger partial charge in [-0.3, -0.25) is 9.59 Å². The number of hydrogen-bond donors (Lipinski definition) is 1. The Kier molecular flexibility index (Phi) is 5.46. The van der Waals surface area contributed by atoms with E-state index in [2.05, 4.69) is 5.32 Å². The number of hydrogen-bond acceptors (Lipinski definition) is 4. The predicted octanol–water partition coefficient (Wildman–Crippen LogP) is 4.57. The highest BCUT2D eigenvalue weighted by molar-refractivity contribution is 6.30. The fraction of sp³-hybridized carbons (Fsp3) is 0.200. The first-order valence-corrected chi connectivity index (χ1v) is 8.59. The molecular formula is C20H17ClFNO4. The zero-order chi connectivity index (χ0) is 19.6. The van der Waals surface area contributed by atoms with Gasteiger partial charge in [-0.25, -0.2) is 4.39 Å². The molecule has 0 spiro atoms. The van der Waals surface area contributed by atoms with Crippen molar-refractivity contribution in [3.8, 4) is 0 Å². The van der Waals surface area contributed by atoms with Crippen LogP contribution in [0.2, 0.25) is 5.02 Å². The van der Waals surface area contributed by atoms with E-state index in [1.54, 1.807) is 0 Å². The SMILES string of the molecule is Cc1ccc2c(CC(=O)OCC(=O)Nc3ccc(Cl)cc3F)coc2c1C. The van der Waals surface area contributed by atoms with E-state index in [0.717, 1.165) is 28.2 Å². The second-order valence-corrected chi connectivity index (χ2v) is 6.59. The molecule has 1 amide bonds. The molecule has 1 N–H and O–H groups in total. The number of ether oxygens (including phenoxy) is 1. The zero-order valence-corrected chi connectivity index (χ0v) is 15.5. The monoisotopic (exact) mass is 389 g/mol. The van der Waals surface area contributed by atoms with Gasteiger partial charge >= 0.3 is 5.97 Å². The van der Waals surface area contributed by atoms with Crippen molar-refractivity contribution >= 4 is 40.1 Å². The Morgan fingerprint density at radius 2 is 2.00 bits per heavy atom. The molecule has 2 aromatic carbocycles. The number of anilines is 1. The van der Waals surface area contributed by atoms with Crippen LogP contribution in [0.25, 0.3) is 11.0 Å². The van der Waals surface area contributed by atoms with Gasteiger partial charge in [-0.2, -0.15) is 0 Å². The van der Waals surface area contributed by atoms with Gasteiger partial charge in [0.15, 0.2) is 6.61 Å². The molecule has 0 bridgehead atoms. The van der Waals surface area contributed by atoms with Crippen molar-refractivity contribution in [1.82, 2.24) is 0 Å². The van der Waals surface area contributed by atoms with Crippen LogP contribution < -0.4 is 5.32 Å². The summed E-state index contributed by atoms with van der Waals surface area (Å²) >= 11 is 5.65. The van der Waals surface area contributed by atoms with E-state index in [1.807, 2.05) is 26.0 Å². The van der Waals surface area contributed by atoms with Gasteiger partial charge in [-0.15, -0.1) is 0 Å². The first kappa shape index (κ1) is 18.9. The number of carbonyl (C=O) groups excluding carboxylic acids is 2. The summed E-state index contributed by atoms with van der Waals surface area (Å²) in [5.41, 5.74) is 3.48. The highest BCUT2D eigenvalue weighted by Crippen LogP contribution is 2.27. The molecule has 3 aromatic rings. The zero-order valence-electron chi connectivity index (χ0n) is 14.8. The maximum absolute atomic E-state index is 13.7. The molecule has 0 unspecified atom stereocenters. The molecule has 0 radical (unpaired) electrons. The summed E-state index contributed by atoms with van der Waals surface area (Å²) in [5, 5.41) is 3.38. The predicted molar refractivity (Wildman–Crippen MR) is 100 cm³/mol. The molecular weight excluding hydrogens is 373 g/mol. The fourth-order valence-corrected chi connectivity index (χ4v) is 2.81. The third-order valence-corrected chi connectivity index (χ3v) is 4.48. The summed E-state index contributed by atoms with van der Waals surface area (Å²) in [6.45, 7) is 3.41. The average Bonchev–Trinajstić information content (AvgIpc) is 3.02. The van der Waals surface area contributed by atoms with Crippen LogP contribution in [0.3, 0.4) is 0 Å². The van der Waals surface area contributed by atoms with Crippen molar-refractivity contribution in [2.75, 3.05) is 11.9 Å². The number of aryl methyl sites for hydroxylation is 2. The highest BCUT2D eigenvalue weighted by atomic mass is 35.5. The Labute approximate surface area is 160 Å². The Bertz CT molecular complexity index is 1030. The van der Waals surface area contributed by atoms with E-state index in [0.29, 0.717) is 5.56 Å². The number of furan rings is 1. The standard InChI is InChI=1S/C20H17ClFNO4/c1-11-3-5-15-13(9-27-20(15)12(11)2)7-19(25)26-10-18(24)23-17-6-4-14(21)8-16(17)22/h3-6,8-9H,7,10H2,1-2H3,(H,23,24). The first-order chi connectivity index (χ1) is 12.8. The quantitative estimate of drug-likeness (QED) is 0.649. The largest absolute Gasteiger partial charge is 0.464 e. The summed E-state index contributed by atoms with van der Waals surface area (Å²) in [6, 6.07) is 7.70. The van der Waals surface area contributed by atoms with Crippen molar-refractivity contribution in [2.45, 2.75) is 20.3 Å². The Morgan fingerprint density at radius 3 is 2.74 bits per heavy atom. The van der Waals surface area contributed by atoms with Crippen LogP contribution >= 0.6 is 11.6 Å². The maximum Gasteiger partial charge on any atom is 0.310 e. The average molecular weight is 390 g/mol. The summed E-state index contributed by atoms with van der Waals surface area (Å²) < 4.78 is 24.2. The van der Waals surface area contributed by atoms with Gasteiger partial charge in [-0.1, -0.05) is 23.7 Å². The number of fused-ring (bicyclic) bond motifs is 1. The Morgan fingerprint density at radius 1 is 1.22 bits per heavy atom. The normalized spacial score (nSPS) is 10.8. The summed E-state index contributed by atoms with van der Waals surface area (Å²) in [5.74, 6) is -1.89. The minimum Gasteiger partial charge on any atom is -0.464 e. The van der Waals surface area contributed by atoms with Gasteiger partial charge in [0.25, 0.3) is 5.91 Å². The number of nitrogens with one attached hydrogen (secondary N) is 1. The number of halogens is 2. The van der Waals surface area contributed by atoms with E-state index in [9.17, 15) is 14.0 Å². The molecule has 0 saturated heterocycles. The summed E-state index contributed by atoms with van der Waals surface area (Å²) in [4.78, 5) is 23.9. The lowest BCUT2D eigenvalue weighted by molar-refractivity contribution is -0.146. The van der Waals surface area contributed by atoms with Gasteiger partial charge in [0.2, 0.25) is 0 Å². The van der Waals surface area contributed by atoms with Crippen molar-refractivity contribution in [3.05, 3.63) is 64.1 Å². The van der Waals surface area contributed by atoms with Gasteiger partial charge in [-0.05, 0) is 43.2 Å². The molecule has 7 heteroatoms. The molecule has 0 saturated carbocycles. The van der Waals surface area contributed by atoms with E-state index >= 15 is 0 Å². The smallest absolute Gasteiger partial charge is 0.310 e. The van der Waals surface area contributed by atoms with E-state index in [-0.39, 0.29) is 17.1 Å². The number of rotatable bonds is 5. The third kappa shape index (κ3) is 4.28. The molecule has 0 aliphatic rings. The molecule has 1 aromatic heterocycles. The summed E-state index contributed by atoms with van der Waals surface area (Å²) in [7, 11) is 0. The van der Waals surface area contributed by atoms with Crippen LogP contribution in [-0.4, -0.2) is 18.5 Å². The molecule has 0 aliphatic carbocycles.